The third-order valence-electron chi connectivity index (χ3n) is 6.46. The summed E-state index contributed by atoms with van der Waals surface area (Å²) in [7, 11) is -3.01. The molecule has 2 heterocycles. The van der Waals surface area contributed by atoms with Gasteiger partial charge in [-0.25, -0.2) is 0 Å². The Kier molecular flexibility index (Phi) is 6.12. The van der Waals surface area contributed by atoms with E-state index in [9.17, 15) is 5.11 Å². The first-order chi connectivity index (χ1) is 15.8. The fourth-order valence-corrected chi connectivity index (χ4v) is 11.4. The molecule has 2 aromatic heterocycles. The fourth-order valence-electron chi connectivity index (χ4n) is 4.61. The number of thiophene rings is 2. The van der Waals surface area contributed by atoms with Crippen molar-refractivity contribution in [3.8, 4) is 20.9 Å². The van der Waals surface area contributed by atoms with Gasteiger partial charge < -0.3 is 5.11 Å². The molecule has 7 heteroatoms. The molecule has 4 aromatic rings. The smallest absolute Gasteiger partial charge is 0.143 e. The van der Waals surface area contributed by atoms with Gasteiger partial charge in [0.1, 0.15) is 5.60 Å². The molecule has 0 unspecified atom stereocenters. The van der Waals surface area contributed by atoms with Crippen LogP contribution in [0.3, 0.4) is 0 Å². The number of hydrogen-bond acceptors (Lipinski definition) is 3. The summed E-state index contributed by atoms with van der Waals surface area (Å²) in [6.45, 7) is 14.4. The topological polar surface area (TPSA) is 20.2 Å². The average molecular weight is 649 g/mol. The zero-order valence-corrected chi connectivity index (χ0v) is 27.0. The summed E-state index contributed by atoms with van der Waals surface area (Å²) >= 11 is 11.1. The van der Waals surface area contributed by atoms with Crippen LogP contribution in [0.25, 0.3) is 20.9 Å². The van der Waals surface area contributed by atoms with Crippen LogP contribution in [0.2, 0.25) is 39.3 Å². The lowest BCUT2D eigenvalue weighted by Gasteiger charge is -2.27. The Labute approximate surface area is 229 Å². The Bertz CT molecular complexity index is 1370. The van der Waals surface area contributed by atoms with Gasteiger partial charge >= 0.3 is 0 Å². The third-order valence-corrected chi connectivity index (χ3v) is 17.0. The van der Waals surface area contributed by atoms with E-state index in [0.717, 1.165) is 36.8 Å². The van der Waals surface area contributed by atoms with Gasteiger partial charge in [0.2, 0.25) is 0 Å². The van der Waals surface area contributed by atoms with Gasteiger partial charge in [0.15, 0.2) is 0 Å². The Morgan fingerprint density at radius 3 is 1.65 bits per heavy atom. The maximum absolute atomic E-state index is 12.8. The maximum atomic E-state index is 12.8. The van der Waals surface area contributed by atoms with E-state index in [1.165, 1.54) is 18.8 Å². The second-order valence-corrected chi connectivity index (χ2v) is 25.9. The zero-order valence-electron chi connectivity index (χ0n) is 20.2. The molecule has 176 valence electrons. The van der Waals surface area contributed by atoms with E-state index in [1.54, 1.807) is 0 Å². The molecule has 0 atom stereocenters. The lowest BCUT2D eigenvalue weighted by molar-refractivity contribution is 0.131. The predicted molar refractivity (Wildman–Crippen MR) is 163 cm³/mol. The molecule has 0 saturated carbocycles. The van der Waals surface area contributed by atoms with E-state index in [0.29, 0.717) is 0 Å². The number of aliphatic hydroxyl groups is 1. The van der Waals surface area contributed by atoms with Crippen LogP contribution >= 0.6 is 54.5 Å². The normalized spacial score (nSPS) is 14.9. The van der Waals surface area contributed by atoms with Crippen LogP contribution in [0.4, 0.5) is 0 Å². The second kappa shape index (κ2) is 8.37. The summed E-state index contributed by atoms with van der Waals surface area (Å²) in [5, 5.41) is 12.8. The van der Waals surface area contributed by atoms with Crippen LogP contribution < -0.4 is 9.00 Å². The zero-order chi connectivity index (χ0) is 24.6. The first kappa shape index (κ1) is 24.9. The minimum Gasteiger partial charge on any atom is -0.376 e. The summed E-state index contributed by atoms with van der Waals surface area (Å²) in [4.78, 5) is 2.49. The van der Waals surface area contributed by atoms with Crippen molar-refractivity contribution in [2.45, 2.75) is 44.9 Å². The molecular weight excluding hydrogens is 620 g/mol. The SMILES string of the molecule is C[Si](C)(C)c1ccc(-c2sc([Si](C)(C)C)cc2C2(O)c3cc(Br)ccc3-c3ccc(Br)cc32)s1. The van der Waals surface area contributed by atoms with Crippen molar-refractivity contribution in [2.24, 2.45) is 0 Å². The third kappa shape index (κ3) is 4.01. The van der Waals surface area contributed by atoms with E-state index in [-0.39, 0.29) is 0 Å². The highest BCUT2D eigenvalue weighted by Crippen LogP contribution is 2.55. The summed E-state index contributed by atoms with van der Waals surface area (Å²) in [5.41, 5.74) is 3.94. The number of halogens is 2. The summed E-state index contributed by atoms with van der Waals surface area (Å²) in [6, 6.07) is 19.5. The van der Waals surface area contributed by atoms with Crippen molar-refractivity contribution in [3.05, 3.63) is 80.2 Å². The van der Waals surface area contributed by atoms with Gasteiger partial charge in [-0.1, -0.05) is 89.3 Å². The molecule has 0 fully saturated rings. The molecule has 1 N–H and O–H groups in total. The second-order valence-electron chi connectivity index (χ2n) is 11.1. The number of fused-ring (bicyclic) bond motifs is 3. The Balaban J connectivity index is 1.84. The van der Waals surface area contributed by atoms with E-state index in [4.69, 9.17) is 0 Å². The number of hydrogen-bond donors (Lipinski definition) is 1. The average Bonchev–Trinajstić information content (AvgIpc) is 3.44. The van der Waals surface area contributed by atoms with E-state index >= 15 is 0 Å². The van der Waals surface area contributed by atoms with Crippen LogP contribution in [0.5, 0.6) is 0 Å². The van der Waals surface area contributed by atoms with Crippen LogP contribution in [-0.2, 0) is 5.60 Å². The van der Waals surface area contributed by atoms with Gasteiger partial charge in [-0.3, -0.25) is 0 Å². The van der Waals surface area contributed by atoms with Crippen molar-refractivity contribution >= 4 is 79.7 Å². The molecule has 0 spiro atoms. The van der Waals surface area contributed by atoms with Gasteiger partial charge in [0.05, 0.1) is 21.0 Å². The number of rotatable bonds is 4. The Hall–Kier alpha value is -0.806. The Morgan fingerprint density at radius 2 is 1.18 bits per heavy atom. The van der Waals surface area contributed by atoms with Crippen molar-refractivity contribution in [3.63, 3.8) is 0 Å². The van der Waals surface area contributed by atoms with Crippen molar-refractivity contribution < 1.29 is 5.11 Å². The van der Waals surface area contributed by atoms with Crippen LogP contribution in [0.1, 0.15) is 16.7 Å². The fraction of sp³-hybridized carbons (Fsp3) is 0.259. The minimum absolute atomic E-state index is 0.957. The highest BCUT2D eigenvalue weighted by Gasteiger charge is 2.46. The largest absolute Gasteiger partial charge is 0.376 e. The molecule has 0 aliphatic heterocycles. The molecule has 0 saturated heterocycles. The quantitative estimate of drug-likeness (QED) is 0.221. The molecule has 1 nitrogen and oxygen atoms in total. The molecule has 2 aromatic carbocycles. The van der Waals surface area contributed by atoms with Crippen LogP contribution in [0, 0.1) is 0 Å². The van der Waals surface area contributed by atoms with Gasteiger partial charge in [0.25, 0.3) is 0 Å². The summed E-state index contributed by atoms with van der Waals surface area (Å²) < 4.78 is 4.89. The monoisotopic (exact) mass is 646 g/mol. The highest BCUT2D eigenvalue weighted by atomic mass is 79.9. The first-order valence-corrected chi connectivity index (χ1v) is 21.6. The summed E-state index contributed by atoms with van der Waals surface area (Å²) in [5.74, 6) is 0. The standard InChI is InChI=1S/C27H28Br2OS2Si2/c1-33(2,3)24-12-11-23(31-24)26-22(15-25(32-26)34(4,5)6)27(30)20-13-16(28)7-9-18(20)19-10-8-17(29)14-21(19)27/h7-15,30H,1-6H3. The molecule has 1 aliphatic rings. The minimum atomic E-state index is -1.59. The molecule has 0 radical (unpaired) electrons. The molecular formula is C27H28Br2OS2Si2. The highest BCUT2D eigenvalue weighted by molar-refractivity contribution is 9.10. The van der Waals surface area contributed by atoms with Crippen LogP contribution in [-0.4, -0.2) is 21.3 Å². The van der Waals surface area contributed by atoms with Crippen molar-refractivity contribution in [1.29, 1.82) is 0 Å². The lowest BCUT2D eigenvalue weighted by atomic mass is 9.84. The van der Waals surface area contributed by atoms with Crippen molar-refractivity contribution in [1.82, 2.24) is 0 Å². The number of benzene rings is 2. The lowest BCUT2D eigenvalue weighted by Crippen LogP contribution is -2.35. The molecule has 0 amide bonds. The van der Waals surface area contributed by atoms with Gasteiger partial charge in [-0.05, 0) is 56.5 Å². The van der Waals surface area contributed by atoms with Gasteiger partial charge in [-0.2, -0.15) is 0 Å². The van der Waals surface area contributed by atoms with Gasteiger partial charge in [-0.15, -0.1) is 22.7 Å². The molecule has 1 aliphatic carbocycles. The molecule has 0 bridgehead atoms. The molecule has 5 rings (SSSR count). The van der Waals surface area contributed by atoms with E-state index < -0.39 is 21.7 Å². The predicted octanol–water partition coefficient (Wildman–Crippen LogP) is 8.36. The van der Waals surface area contributed by atoms with Gasteiger partial charge in [0, 0.05) is 30.5 Å². The van der Waals surface area contributed by atoms with E-state index in [2.05, 4.69) is 126 Å². The first-order valence-electron chi connectivity index (χ1n) is 11.4. The molecule has 34 heavy (non-hydrogen) atoms. The summed E-state index contributed by atoms with van der Waals surface area (Å²) in [6.07, 6.45) is 0. The van der Waals surface area contributed by atoms with E-state index in [1.807, 2.05) is 22.7 Å². The Morgan fingerprint density at radius 1 is 0.647 bits per heavy atom. The van der Waals surface area contributed by atoms with Crippen LogP contribution in [0.15, 0.2) is 63.5 Å². The maximum Gasteiger partial charge on any atom is 0.143 e. The van der Waals surface area contributed by atoms with Crippen molar-refractivity contribution in [2.75, 3.05) is 0 Å².